The third-order valence-electron chi connectivity index (χ3n) is 4.73. The van der Waals surface area contributed by atoms with Gasteiger partial charge in [0, 0.05) is 44.1 Å². The van der Waals surface area contributed by atoms with Gasteiger partial charge in [-0.05, 0) is 51.7 Å². The molecule has 2 rings (SSSR count). The lowest BCUT2D eigenvalue weighted by Gasteiger charge is -2.32. The average Bonchev–Trinajstić information content (AvgIpc) is 3.16. The van der Waals surface area contributed by atoms with Crippen molar-refractivity contribution in [1.29, 1.82) is 0 Å². The van der Waals surface area contributed by atoms with Crippen LogP contribution in [0.3, 0.4) is 0 Å². The summed E-state index contributed by atoms with van der Waals surface area (Å²) in [6, 6.07) is 3.92. The summed E-state index contributed by atoms with van der Waals surface area (Å²) in [6.45, 7) is 11.9. The first-order valence-electron chi connectivity index (χ1n) is 9.70. The molecule has 1 aromatic heterocycles. The summed E-state index contributed by atoms with van der Waals surface area (Å²) < 4.78 is 0. The van der Waals surface area contributed by atoms with Gasteiger partial charge in [0.25, 0.3) is 0 Å². The van der Waals surface area contributed by atoms with E-state index in [9.17, 15) is 5.11 Å². The van der Waals surface area contributed by atoms with Crippen LogP contribution in [0.25, 0.3) is 0 Å². The Hall–Kier alpha value is -1.15. The molecule has 26 heavy (non-hydrogen) atoms. The van der Waals surface area contributed by atoms with Gasteiger partial charge in [0.15, 0.2) is 5.96 Å². The fourth-order valence-electron chi connectivity index (χ4n) is 2.98. The van der Waals surface area contributed by atoms with Crippen LogP contribution < -0.4 is 10.6 Å². The molecule has 1 aliphatic rings. The molecule has 1 aliphatic heterocycles. The molecule has 148 valence electrons. The minimum atomic E-state index is -0.919. The normalized spacial score (nSPS) is 19.3. The molecule has 0 bridgehead atoms. The molecule has 3 N–H and O–H groups in total. The second-order valence-corrected chi connectivity index (χ2v) is 8.17. The molecular formula is C19H35N5OS. The maximum absolute atomic E-state index is 10.6. The monoisotopic (exact) mass is 381 g/mol. The van der Waals surface area contributed by atoms with Crippen LogP contribution in [0.5, 0.6) is 0 Å². The summed E-state index contributed by atoms with van der Waals surface area (Å²) in [5, 5.41) is 19.2. The Morgan fingerprint density at radius 2 is 2.04 bits per heavy atom. The van der Waals surface area contributed by atoms with Gasteiger partial charge in [-0.1, -0.05) is 6.07 Å². The minimum absolute atomic E-state index is 0.351. The molecule has 2 heterocycles. The molecule has 0 aromatic carbocycles. The maximum atomic E-state index is 10.6. The second-order valence-electron chi connectivity index (χ2n) is 7.23. The van der Waals surface area contributed by atoms with Crippen LogP contribution >= 0.6 is 11.3 Å². The number of nitrogens with zero attached hydrogens (tertiary/aromatic N) is 3. The molecule has 0 amide bonds. The van der Waals surface area contributed by atoms with Gasteiger partial charge in [0.2, 0.25) is 0 Å². The number of hydrogen-bond donors (Lipinski definition) is 3. The third-order valence-corrected chi connectivity index (χ3v) is 5.85. The van der Waals surface area contributed by atoms with E-state index in [2.05, 4.69) is 39.4 Å². The number of piperazine rings is 1. The molecule has 0 spiro atoms. The maximum Gasteiger partial charge on any atom is 0.191 e. The van der Waals surface area contributed by atoms with Gasteiger partial charge in [-0.2, -0.15) is 0 Å². The highest BCUT2D eigenvalue weighted by Crippen LogP contribution is 2.25. The molecule has 1 atom stereocenters. The van der Waals surface area contributed by atoms with E-state index in [0.717, 1.165) is 30.3 Å². The highest BCUT2D eigenvalue weighted by molar-refractivity contribution is 7.10. The van der Waals surface area contributed by atoms with Gasteiger partial charge in [-0.3, -0.25) is 0 Å². The fraction of sp³-hybridized carbons (Fsp3) is 0.737. The van der Waals surface area contributed by atoms with Crippen molar-refractivity contribution in [3.8, 4) is 0 Å². The first-order valence-corrected chi connectivity index (χ1v) is 10.6. The molecule has 0 aliphatic carbocycles. The summed E-state index contributed by atoms with van der Waals surface area (Å²) in [4.78, 5) is 10.5. The summed E-state index contributed by atoms with van der Waals surface area (Å²) in [7, 11) is 2.19. The van der Waals surface area contributed by atoms with E-state index >= 15 is 0 Å². The van der Waals surface area contributed by atoms with E-state index in [0.29, 0.717) is 6.54 Å². The van der Waals surface area contributed by atoms with E-state index in [4.69, 9.17) is 0 Å². The lowest BCUT2D eigenvalue weighted by atomic mass is 10.1. The number of unbranched alkanes of at least 4 members (excludes halogenated alkanes) is 1. The van der Waals surface area contributed by atoms with Gasteiger partial charge >= 0.3 is 0 Å². The summed E-state index contributed by atoms with van der Waals surface area (Å²) >= 11 is 1.57. The SMILES string of the molecule is CCNC(=NCC(C)(O)c1cccs1)NCCCCN1CCN(C)CC1. The number of aliphatic imine (C=N–C) groups is 1. The van der Waals surface area contributed by atoms with Crippen molar-refractivity contribution in [1.82, 2.24) is 20.4 Å². The minimum Gasteiger partial charge on any atom is -0.383 e. The number of likely N-dealkylation sites (N-methyl/N-ethyl adjacent to an activating group) is 1. The van der Waals surface area contributed by atoms with Crippen LogP contribution in [0.2, 0.25) is 0 Å². The van der Waals surface area contributed by atoms with E-state index < -0.39 is 5.60 Å². The predicted molar refractivity (Wildman–Crippen MR) is 111 cm³/mol. The number of thiophene rings is 1. The van der Waals surface area contributed by atoms with Gasteiger partial charge in [0.1, 0.15) is 5.60 Å². The van der Waals surface area contributed by atoms with Gasteiger partial charge in [0.05, 0.1) is 6.54 Å². The van der Waals surface area contributed by atoms with Crippen LogP contribution in [0.4, 0.5) is 0 Å². The van der Waals surface area contributed by atoms with Gasteiger partial charge < -0.3 is 25.5 Å². The van der Waals surface area contributed by atoms with Crippen molar-refractivity contribution < 1.29 is 5.11 Å². The quantitative estimate of drug-likeness (QED) is 0.344. The zero-order valence-electron chi connectivity index (χ0n) is 16.5. The van der Waals surface area contributed by atoms with Gasteiger partial charge in [-0.25, -0.2) is 4.99 Å². The van der Waals surface area contributed by atoms with E-state index in [1.165, 1.54) is 39.1 Å². The lowest BCUT2D eigenvalue weighted by Crippen LogP contribution is -2.44. The van der Waals surface area contributed by atoms with Crippen molar-refractivity contribution >= 4 is 17.3 Å². The standard InChI is InChI=1S/C19H35N5OS/c1-4-20-18(22-16-19(2,25)17-8-7-15-26-17)21-9-5-6-10-24-13-11-23(3)12-14-24/h7-8,15,25H,4-6,9-14,16H2,1-3H3,(H2,20,21,22). The number of nitrogens with one attached hydrogen (secondary N) is 2. The fourth-order valence-corrected chi connectivity index (χ4v) is 3.76. The van der Waals surface area contributed by atoms with E-state index in [1.807, 2.05) is 24.4 Å². The summed E-state index contributed by atoms with van der Waals surface area (Å²) in [5.41, 5.74) is -0.919. The Bertz CT molecular complexity index is 524. The Morgan fingerprint density at radius 3 is 2.69 bits per heavy atom. The Balaban J connectivity index is 1.68. The van der Waals surface area contributed by atoms with Crippen LogP contribution in [0.15, 0.2) is 22.5 Å². The zero-order chi connectivity index (χ0) is 18.8. The topological polar surface area (TPSA) is 63.1 Å². The molecule has 0 radical (unpaired) electrons. The van der Waals surface area contributed by atoms with Crippen molar-refractivity contribution in [2.75, 3.05) is 59.4 Å². The van der Waals surface area contributed by atoms with Crippen molar-refractivity contribution in [2.45, 2.75) is 32.3 Å². The van der Waals surface area contributed by atoms with Crippen molar-refractivity contribution in [3.05, 3.63) is 22.4 Å². The number of aliphatic hydroxyl groups is 1. The zero-order valence-corrected chi connectivity index (χ0v) is 17.3. The lowest BCUT2D eigenvalue weighted by molar-refractivity contribution is 0.0711. The Morgan fingerprint density at radius 1 is 1.27 bits per heavy atom. The molecule has 0 saturated carbocycles. The number of guanidine groups is 1. The second kappa shape index (κ2) is 10.9. The van der Waals surface area contributed by atoms with Crippen molar-refractivity contribution in [3.63, 3.8) is 0 Å². The van der Waals surface area contributed by atoms with Crippen LogP contribution in [0, 0.1) is 0 Å². The molecule has 7 heteroatoms. The van der Waals surface area contributed by atoms with Gasteiger partial charge in [-0.15, -0.1) is 11.3 Å². The number of rotatable bonds is 9. The first kappa shape index (κ1) is 21.2. The van der Waals surface area contributed by atoms with E-state index in [1.54, 1.807) is 11.3 Å². The third kappa shape index (κ3) is 7.23. The van der Waals surface area contributed by atoms with E-state index in [-0.39, 0.29) is 0 Å². The summed E-state index contributed by atoms with van der Waals surface area (Å²) in [5.74, 6) is 0.781. The highest BCUT2D eigenvalue weighted by Gasteiger charge is 2.24. The molecule has 1 unspecified atom stereocenters. The predicted octanol–water partition coefficient (Wildman–Crippen LogP) is 1.54. The first-order chi connectivity index (χ1) is 12.5. The highest BCUT2D eigenvalue weighted by atomic mass is 32.1. The molecule has 1 saturated heterocycles. The largest absolute Gasteiger partial charge is 0.383 e. The molecule has 6 nitrogen and oxygen atoms in total. The van der Waals surface area contributed by atoms with Crippen molar-refractivity contribution in [2.24, 2.45) is 4.99 Å². The Kier molecular flexibility index (Phi) is 8.84. The average molecular weight is 382 g/mol. The smallest absolute Gasteiger partial charge is 0.191 e. The summed E-state index contributed by atoms with van der Waals surface area (Å²) in [6.07, 6.45) is 2.32. The van der Waals surface area contributed by atoms with Crippen LogP contribution in [0.1, 0.15) is 31.6 Å². The number of hydrogen-bond acceptors (Lipinski definition) is 5. The van der Waals surface area contributed by atoms with Crippen LogP contribution in [-0.4, -0.2) is 80.3 Å². The van der Waals surface area contributed by atoms with Crippen LogP contribution in [-0.2, 0) is 5.60 Å². The Labute approximate surface area is 162 Å². The molecule has 1 aromatic rings. The molecular weight excluding hydrogens is 346 g/mol. The molecule has 1 fully saturated rings.